The molecule has 80 valence electrons. The van der Waals surface area contributed by atoms with Crippen LogP contribution in [0.25, 0.3) is 0 Å². The molecule has 2 heterocycles. The van der Waals surface area contributed by atoms with Gasteiger partial charge < -0.3 is 19.7 Å². The van der Waals surface area contributed by atoms with Crippen molar-refractivity contribution in [2.24, 2.45) is 0 Å². The van der Waals surface area contributed by atoms with Crippen LogP contribution in [0.3, 0.4) is 0 Å². The maximum Gasteiger partial charge on any atom is 0.308 e. The molecule has 0 spiro atoms. The number of ether oxygens (including phenoxy) is 2. The van der Waals surface area contributed by atoms with Gasteiger partial charge in [-0.3, -0.25) is 9.59 Å². The van der Waals surface area contributed by atoms with Crippen molar-refractivity contribution in [1.29, 1.82) is 0 Å². The van der Waals surface area contributed by atoms with E-state index < -0.39 is 12.2 Å². The van der Waals surface area contributed by atoms with Gasteiger partial charge in [-0.2, -0.15) is 0 Å². The summed E-state index contributed by atoms with van der Waals surface area (Å²) < 4.78 is 8.75. The summed E-state index contributed by atoms with van der Waals surface area (Å²) in [6.07, 6.45) is -0.764. The van der Waals surface area contributed by atoms with Crippen molar-refractivity contribution in [3.8, 4) is 0 Å². The van der Waals surface area contributed by atoms with E-state index in [1.807, 2.05) is 0 Å². The lowest BCUT2D eigenvalue weighted by Crippen LogP contribution is -2.02. The average molecular weight is 204 g/mol. The molecule has 0 aromatic carbocycles. The molecule has 2 fully saturated rings. The molecular weight excluding hydrogens is 192 g/mol. The lowest BCUT2D eigenvalue weighted by molar-refractivity contribution is -0.138. The fraction of sp³-hybridized carbons (Fsp3) is 0.750. The summed E-state index contributed by atoms with van der Waals surface area (Å²) in [7, 11) is 0. The quantitative estimate of drug-likeness (QED) is 0.471. The van der Waals surface area contributed by atoms with Gasteiger partial charge in [-0.1, -0.05) is 0 Å². The Hall–Kier alpha value is -1.14. The monoisotopic (exact) mass is 204 g/mol. The lowest BCUT2D eigenvalue weighted by atomic mass is 10.3. The number of aliphatic hydroxyl groups excluding tert-OH is 2. The summed E-state index contributed by atoms with van der Waals surface area (Å²) in [4.78, 5) is 20.1. The molecule has 0 bridgehead atoms. The predicted octanol–water partition coefficient (Wildman–Crippen LogP) is -1.41. The van der Waals surface area contributed by atoms with E-state index in [9.17, 15) is 9.59 Å². The maximum absolute atomic E-state index is 10.1. The first kappa shape index (κ1) is 10.9. The Morgan fingerprint density at radius 3 is 1.36 bits per heavy atom. The van der Waals surface area contributed by atoms with Crippen LogP contribution < -0.4 is 0 Å². The van der Waals surface area contributed by atoms with Crippen LogP contribution in [-0.4, -0.2) is 47.6 Å². The topological polar surface area (TPSA) is 93.1 Å². The Labute approximate surface area is 80.4 Å². The predicted molar refractivity (Wildman–Crippen MR) is 43.2 cm³/mol. The zero-order valence-corrected chi connectivity index (χ0v) is 7.51. The number of esters is 2. The fourth-order valence-corrected chi connectivity index (χ4v) is 0.999. The molecule has 6 nitrogen and oxygen atoms in total. The zero-order valence-electron chi connectivity index (χ0n) is 7.51. The molecule has 0 radical (unpaired) electrons. The molecule has 2 unspecified atom stereocenters. The Balaban J connectivity index is 0.000000140. The molecule has 2 saturated heterocycles. The van der Waals surface area contributed by atoms with E-state index in [1.165, 1.54) is 0 Å². The summed E-state index contributed by atoms with van der Waals surface area (Å²) in [5.74, 6) is -0.597. The summed E-state index contributed by atoms with van der Waals surface area (Å²) in [5.41, 5.74) is 0. The molecular formula is C8H12O6. The van der Waals surface area contributed by atoms with Crippen molar-refractivity contribution in [2.75, 3.05) is 13.2 Å². The first-order valence-electron chi connectivity index (χ1n) is 4.25. The van der Waals surface area contributed by atoms with Crippen LogP contribution in [0, 0.1) is 0 Å². The molecule has 0 aromatic rings. The summed E-state index contributed by atoms with van der Waals surface area (Å²) in [6.45, 7) is 0.359. The fourth-order valence-electron chi connectivity index (χ4n) is 0.999. The Morgan fingerprint density at radius 2 is 1.29 bits per heavy atom. The number of cyclic esters (lactones) is 2. The van der Waals surface area contributed by atoms with Gasteiger partial charge in [-0.15, -0.1) is 0 Å². The van der Waals surface area contributed by atoms with E-state index in [0.717, 1.165) is 0 Å². The van der Waals surface area contributed by atoms with E-state index in [-0.39, 0.29) is 38.0 Å². The van der Waals surface area contributed by atoms with E-state index >= 15 is 0 Å². The minimum atomic E-state index is -0.549. The smallest absolute Gasteiger partial charge is 0.308 e. The van der Waals surface area contributed by atoms with Gasteiger partial charge in [0.15, 0.2) is 0 Å². The van der Waals surface area contributed by atoms with Crippen molar-refractivity contribution in [3.63, 3.8) is 0 Å². The lowest BCUT2D eigenvalue weighted by Gasteiger charge is -1.87. The van der Waals surface area contributed by atoms with E-state index in [1.54, 1.807) is 0 Å². The van der Waals surface area contributed by atoms with Gasteiger partial charge in [0.1, 0.15) is 13.2 Å². The molecule has 2 aliphatic heterocycles. The molecule has 2 atom stereocenters. The number of aliphatic hydroxyl groups is 2. The average Bonchev–Trinajstić information content (AvgIpc) is 2.63. The van der Waals surface area contributed by atoms with Crippen LogP contribution in [0.4, 0.5) is 0 Å². The van der Waals surface area contributed by atoms with E-state index in [0.29, 0.717) is 0 Å². The molecule has 2 aliphatic rings. The van der Waals surface area contributed by atoms with Crippen LogP contribution in [-0.2, 0) is 19.1 Å². The first-order chi connectivity index (χ1) is 6.58. The van der Waals surface area contributed by atoms with Crippen molar-refractivity contribution in [1.82, 2.24) is 0 Å². The highest BCUT2D eigenvalue weighted by atomic mass is 16.6. The maximum atomic E-state index is 10.1. The van der Waals surface area contributed by atoms with Gasteiger partial charge in [0.05, 0.1) is 25.0 Å². The second kappa shape index (κ2) is 4.92. The molecule has 2 rings (SSSR count). The molecule has 0 saturated carbocycles. The summed E-state index contributed by atoms with van der Waals surface area (Å²) in [5, 5.41) is 17.1. The molecule has 6 heteroatoms. The Kier molecular flexibility index (Phi) is 3.84. The molecule has 0 aliphatic carbocycles. The van der Waals surface area contributed by atoms with Crippen molar-refractivity contribution in [3.05, 3.63) is 0 Å². The number of carbonyl (C=O) groups excluding carboxylic acids is 2. The Morgan fingerprint density at radius 1 is 0.929 bits per heavy atom. The Bertz CT molecular complexity index is 202. The number of rotatable bonds is 0. The second-order valence-corrected chi connectivity index (χ2v) is 3.08. The normalized spacial score (nSPS) is 30.4. The van der Waals surface area contributed by atoms with E-state index in [2.05, 4.69) is 9.47 Å². The van der Waals surface area contributed by atoms with Gasteiger partial charge in [-0.25, -0.2) is 0 Å². The van der Waals surface area contributed by atoms with Gasteiger partial charge in [0.25, 0.3) is 0 Å². The number of hydrogen-bond donors (Lipinski definition) is 2. The first-order valence-corrected chi connectivity index (χ1v) is 4.25. The largest absolute Gasteiger partial charge is 0.463 e. The van der Waals surface area contributed by atoms with Crippen molar-refractivity contribution < 1.29 is 29.3 Å². The van der Waals surface area contributed by atoms with Crippen molar-refractivity contribution >= 4 is 11.9 Å². The van der Waals surface area contributed by atoms with Crippen molar-refractivity contribution in [2.45, 2.75) is 25.0 Å². The molecule has 0 amide bonds. The third-order valence-electron chi connectivity index (χ3n) is 1.68. The van der Waals surface area contributed by atoms with Gasteiger partial charge in [-0.05, 0) is 0 Å². The number of carbonyl (C=O) groups is 2. The van der Waals surface area contributed by atoms with Crippen LogP contribution in [0.15, 0.2) is 0 Å². The standard InChI is InChI=1S/2C4H6O3/c2*5-3-1-4(6)7-2-3/h2*3,5H,1-2H2. The highest BCUT2D eigenvalue weighted by Gasteiger charge is 2.20. The van der Waals surface area contributed by atoms with Gasteiger partial charge in [0.2, 0.25) is 0 Å². The van der Waals surface area contributed by atoms with Gasteiger partial charge >= 0.3 is 11.9 Å². The SMILES string of the molecule is O=C1CC(O)CO1.O=C1CC(O)CO1. The molecule has 2 N–H and O–H groups in total. The highest BCUT2D eigenvalue weighted by molar-refractivity contribution is 5.72. The minimum absolute atomic E-state index is 0.167. The third-order valence-corrected chi connectivity index (χ3v) is 1.68. The highest BCUT2D eigenvalue weighted by Crippen LogP contribution is 2.03. The number of hydrogen-bond acceptors (Lipinski definition) is 6. The van der Waals surface area contributed by atoms with Crippen LogP contribution in [0.5, 0.6) is 0 Å². The molecule has 0 aromatic heterocycles. The van der Waals surface area contributed by atoms with E-state index in [4.69, 9.17) is 10.2 Å². The summed E-state index contributed by atoms with van der Waals surface area (Å²) in [6, 6.07) is 0. The van der Waals surface area contributed by atoms with Crippen LogP contribution >= 0.6 is 0 Å². The second-order valence-electron chi connectivity index (χ2n) is 3.08. The zero-order chi connectivity index (χ0) is 10.6. The van der Waals surface area contributed by atoms with Crippen LogP contribution in [0.1, 0.15) is 12.8 Å². The molecule has 14 heavy (non-hydrogen) atoms. The summed E-state index contributed by atoms with van der Waals surface area (Å²) >= 11 is 0. The van der Waals surface area contributed by atoms with Gasteiger partial charge in [0, 0.05) is 0 Å². The minimum Gasteiger partial charge on any atom is -0.463 e. The third kappa shape index (κ3) is 3.71. The van der Waals surface area contributed by atoms with Crippen LogP contribution in [0.2, 0.25) is 0 Å².